The fourth-order valence-corrected chi connectivity index (χ4v) is 2.73. The molecule has 0 aliphatic heterocycles. The first-order valence-electron chi connectivity index (χ1n) is 8.62. The predicted octanol–water partition coefficient (Wildman–Crippen LogP) is 2.74. The zero-order valence-corrected chi connectivity index (χ0v) is 15.8. The number of aryl methyl sites for hydroxylation is 1. The van der Waals surface area contributed by atoms with Crippen molar-refractivity contribution in [1.29, 1.82) is 0 Å². The van der Waals surface area contributed by atoms with E-state index in [1.54, 1.807) is 12.1 Å². The van der Waals surface area contributed by atoms with Gasteiger partial charge in [0.15, 0.2) is 0 Å². The predicted molar refractivity (Wildman–Crippen MR) is 100 cm³/mol. The smallest absolute Gasteiger partial charge is 0.268 e. The molecule has 2 rings (SSSR count). The number of rotatable bonds is 7. The van der Waals surface area contributed by atoms with Crippen LogP contribution in [0.3, 0.4) is 0 Å². The summed E-state index contributed by atoms with van der Waals surface area (Å²) >= 11 is 0. The first-order valence-corrected chi connectivity index (χ1v) is 8.62. The van der Waals surface area contributed by atoms with Crippen LogP contribution in [0, 0.1) is 6.92 Å². The van der Waals surface area contributed by atoms with E-state index >= 15 is 0 Å². The maximum Gasteiger partial charge on any atom is 0.268 e. The summed E-state index contributed by atoms with van der Waals surface area (Å²) in [5, 5.41) is 31.9. The summed E-state index contributed by atoms with van der Waals surface area (Å²) in [5.74, 6) is -1.33. The number of benzene rings is 2. The normalized spacial score (nSPS) is 15.7. The van der Waals surface area contributed by atoms with Gasteiger partial charge in [-0.2, -0.15) is 0 Å². The van der Waals surface area contributed by atoms with Gasteiger partial charge in [0, 0.05) is 12.1 Å². The Balaban J connectivity index is 2.26. The summed E-state index contributed by atoms with van der Waals surface area (Å²) in [7, 11) is 0. The molecule has 0 unspecified atom stereocenters. The summed E-state index contributed by atoms with van der Waals surface area (Å²) in [5.41, 5.74) is -0.625. The molecular formula is C20H24F2N2O4. The van der Waals surface area contributed by atoms with Gasteiger partial charge in [-0.3, -0.25) is 15.3 Å². The highest BCUT2D eigenvalue weighted by Gasteiger charge is 2.55. The number of amides is 1. The van der Waals surface area contributed by atoms with Crippen molar-refractivity contribution in [2.24, 2.45) is 0 Å². The number of nitrogens with one attached hydrogen (secondary N) is 2. The van der Waals surface area contributed by atoms with E-state index in [4.69, 9.17) is 5.21 Å². The van der Waals surface area contributed by atoms with Crippen LogP contribution in [0.1, 0.15) is 25.0 Å². The first kappa shape index (κ1) is 21.7. The van der Waals surface area contributed by atoms with Crippen molar-refractivity contribution in [3.8, 4) is 16.9 Å². The van der Waals surface area contributed by atoms with Crippen LogP contribution >= 0.6 is 0 Å². The van der Waals surface area contributed by atoms with Gasteiger partial charge in [-0.25, -0.2) is 14.3 Å². The topological polar surface area (TPSA) is 102 Å². The molecule has 5 N–H and O–H groups in total. The zero-order valence-electron chi connectivity index (χ0n) is 15.8. The Hall–Kier alpha value is -2.55. The number of phenolic OH excluding ortho intramolecular Hbond substituents is 1. The Kier molecular flexibility index (Phi) is 6.38. The zero-order chi connectivity index (χ0) is 21.1. The first-order chi connectivity index (χ1) is 13.0. The van der Waals surface area contributed by atoms with Crippen molar-refractivity contribution in [3.63, 3.8) is 0 Å². The number of hydroxylamine groups is 1. The largest absolute Gasteiger partial charge is 0.508 e. The van der Waals surface area contributed by atoms with Crippen LogP contribution in [-0.2, 0) is 11.3 Å². The van der Waals surface area contributed by atoms with E-state index in [9.17, 15) is 23.8 Å². The highest BCUT2D eigenvalue weighted by molar-refractivity contribution is 5.86. The fourth-order valence-electron chi connectivity index (χ4n) is 2.73. The summed E-state index contributed by atoms with van der Waals surface area (Å²) in [6.07, 6.45) is -3.26. The molecule has 0 aliphatic rings. The second-order valence-electron chi connectivity index (χ2n) is 7.08. The molecule has 0 spiro atoms. The maximum absolute atomic E-state index is 13.3. The summed E-state index contributed by atoms with van der Waals surface area (Å²) in [6.45, 7) is 3.60. The van der Waals surface area contributed by atoms with Gasteiger partial charge in [0.25, 0.3) is 12.3 Å². The third kappa shape index (κ3) is 4.14. The third-order valence-electron chi connectivity index (χ3n) is 5.10. The molecular weight excluding hydrogens is 370 g/mol. The van der Waals surface area contributed by atoms with E-state index in [1.807, 2.05) is 31.2 Å². The average molecular weight is 394 g/mol. The summed E-state index contributed by atoms with van der Waals surface area (Å²) < 4.78 is 26.6. The van der Waals surface area contributed by atoms with Gasteiger partial charge in [-0.1, -0.05) is 42.0 Å². The van der Waals surface area contributed by atoms with Crippen molar-refractivity contribution in [2.75, 3.05) is 0 Å². The van der Waals surface area contributed by atoms with E-state index < -0.39 is 23.5 Å². The van der Waals surface area contributed by atoms with Crippen LogP contribution in [-0.4, -0.2) is 38.9 Å². The maximum atomic E-state index is 13.3. The van der Waals surface area contributed by atoms with Crippen molar-refractivity contribution in [2.45, 2.75) is 44.9 Å². The molecule has 0 heterocycles. The minimum Gasteiger partial charge on any atom is -0.508 e. The Labute approximate surface area is 161 Å². The molecule has 28 heavy (non-hydrogen) atoms. The van der Waals surface area contributed by atoms with E-state index in [2.05, 4.69) is 5.32 Å². The molecule has 8 heteroatoms. The molecule has 0 aliphatic carbocycles. The minimum absolute atomic E-state index is 0.103. The van der Waals surface area contributed by atoms with Crippen LogP contribution in [0.5, 0.6) is 5.75 Å². The monoisotopic (exact) mass is 394 g/mol. The van der Waals surface area contributed by atoms with Gasteiger partial charge in [0.05, 0.1) is 0 Å². The number of hydrogen-bond acceptors (Lipinski definition) is 5. The Morgan fingerprint density at radius 3 is 2.18 bits per heavy atom. The number of carbonyl (C=O) groups excluding carboxylic acids is 1. The lowest BCUT2D eigenvalue weighted by Crippen LogP contribution is -2.69. The van der Waals surface area contributed by atoms with Gasteiger partial charge in [-0.05, 0) is 38.0 Å². The number of hydrogen-bond donors (Lipinski definition) is 5. The number of aromatic hydroxyl groups is 1. The Morgan fingerprint density at radius 2 is 1.68 bits per heavy atom. The van der Waals surface area contributed by atoms with Gasteiger partial charge >= 0.3 is 0 Å². The Bertz CT molecular complexity index is 841. The molecule has 0 fully saturated rings. The third-order valence-corrected chi connectivity index (χ3v) is 5.10. The van der Waals surface area contributed by atoms with E-state index in [-0.39, 0.29) is 12.3 Å². The molecule has 0 radical (unpaired) electrons. The molecule has 0 aromatic heterocycles. The van der Waals surface area contributed by atoms with Gasteiger partial charge in [-0.15, -0.1) is 0 Å². The number of phenols is 1. The van der Waals surface area contributed by atoms with Gasteiger partial charge < -0.3 is 10.2 Å². The molecule has 0 saturated heterocycles. The summed E-state index contributed by atoms with van der Waals surface area (Å²) in [4.78, 5) is 12.0. The minimum atomic E-state index is -3.26. The van der Waals surface area contributed by atoms with Crippen molar-refractivity contribution in [3.05, 3.63) is 53.6 Å². The molecule has 1 amide bonds. The van der Waals surface area contributed by atoms with Crippen LogP contribution in [0.2, 0.25) is 0 Å². The highest BCUT2D eigenvalue weighted by Crippen LogP contribution is 2.31. The van der Waals surface area contributed by atoms with Crippen LogP contribution in [0.15, 0.2) is 42.5 Å². The fraction of sp³-hybridized carbons (Fsp3) is 0.350. The van der Waals surface area contributed by atoms with Crippen LogP contribution in [0.25, 0.3) is 11.1 Å². The number of halogens is 2. The average Bonchev–Trinajstić information content (AvgIpc) is 2.66. The quantitative estimate of drug-likeness (QED) is 0.367. The molecule has 0 bridgehead atoms. The summed E-state index contributed by atoms with van der Waals surface area (Å²) in [6, 6.07) is 12.5. The van der Waals surface area contributed by atoms with E-state index in [0.29, 0.717) is 5.56 Å². The van der Waals surface area contributed by atoms with Crippen molar-refractivity contribution >= 4 is 5.91 Å². The molecule has 152 valence electrons. The molecule has 0 saturated carbocycles. The van der Waals surface area contributed by atoms with Crippen molar-refractivity contribution < 1.29 is 29.0 Å². The second kappa shape index (κ2) is 8.22. The number of alkyl halides is 2. The molecule has 6 nitrogen and oxygen atoms in total. The molecule has 2 atom stereocenters. The van der Waals surface area contributed by atoms with Crippen molar-refractivity contribution in [1.82, 2.24) is 10.8 Å². The lowest BCUT2D eigenvalue weighted by Gasteiger charge is -2.40. The van der Waals surface area contributed by atoms with E-state index in [0.717, 1.165) is 30.5 Å². The highest BCUT2D eigenvalue weighted by atomic mass is 19.3. The van der Waals surface area contributed by atoms with Gasteiger partial charge in [0.1, 0.15) is 16.9 Å². The Morgan fingerprint density at radius 1 is 1.11 bits per heavy atom. The van der Waals surface area contributed by atoms with Crippen LogP contribution in [0.4, 0.5) is 8.78 Å². The number of aliphatic hydroxyl groups is 1. The second-order valence-corrected chi connectivity index (χ2v) is 7.08. The molecule has 2 aromatic carbocycles. The van der Waals surface area contributed by atoms with Crippen LogP contribution < -0.4 is 10.8 Å². The molecule has 2 aromatic rings. The lowest BCUT2D eigenvalue weighted by molar-refractivity contribution is -0.167. The lowest BCUT2D eigenvalue weighted by atomic mass is 9.81. The van der Waals surface area contributed by atoms with Gasteiger partial charge in [0.2, 0.25) is 0 Å². The number of carbonyl (C=O) groups is 1. The SMILES string of the molecule is Cc1ccc(-c2ccc(CN[C@](C)(C(=O)NO)[C@](C)(O)C(F)F)c(O)c2)cc1. The standard InChI is InChI=1S/C20H24F2N2O4/c1-12-4-6-13(7-5-12)14-8-9-15(16(25)10-14)11-23-19(2,18(26)24-28)20(3,27)17(21)22/h4-10,17,23,25,27-28H,11H2,1-3H3,(H,24,26)/t19-,20-/m1/s1. The van der Waals surface area contributed by atoms with E-state index in [1.165, 1.54) is 11.5 Å².